The monoisotopic (exact) mass is 244 g/mol. The van der Waals surface area contributed by atoms with Gasteiger partial charge in [-0.3, -0.25) is 9.59 Å². The maximum atomic E-state index is 11.3. The van der Waals surface area contributed by atoms with E-state index < -0.39 is 11.8 Å². The number of amides is 2. The third kappa shape index (κ3) is 9.81. The van der Waals surface area contributed by atoms with E-state index in [4.69, 9.17) is 5.11 Å². The maximum Gasteiger partial charge on any atom is 0.309 e. The molecule has 0 aliphatic rings. The zero-order valence-corrected chi connectivity index (χ0v) is 10.8. The SMILES string of the molecule is CC(C)CCNC(=O)C(=O)NCCCCCO. The van der Waals surface area contributed by atoms with Crippen LogP contribution in [-0.2, 0) is 9.59 Å². The smallest absolute Gasteiger partial charge is 0.309 e. The molecule has 0 saturated carbocycles. The predicted octanol–water partition coefficient (Wildman–Crippen LogP) is 0.428. The molecule has 100 valence electrons. The average molecular weight is 244 g/mol. The predicted molar refractivity (Wildman–Crippen MR) is 66.4 cm³/mol. The number of aliphatic hydroxyl groups is 1. The van der Waals surface area contributed by atoms with Gasteiger partial charge < -0.3 is 15.7 Å². The van der Waals surface area contributed by atoms with E-state index in [9.17, 15) is 9.59 Å². The van der Waals surface area contributed by atoms with Crippen molar-refractivity contribution in [1.29, 1.82) is 0 Å². The van der Waals surface area contributed by atoms with Crippen LogP contribution >= 0.6 is 0 Å². The minimum Gasteiger partial charge on any atom is -0.396 e. The molecule has 0 heterocycles. The van der Waals surface area contributed by atoms with E-state index in [0.29, 0.717) is 19.0 Å². The number of unbranched alkanes of at least 4 members (excludes halogenated alkanes) is 2. The third-order valence-electron chi connectivity index (χ3n) is 2.33. The van der Waals surface area contributed by atoms with Gasteiger partial charge in [-0.1, -0.05) is 13.8 Å². The molecule has 0 aromatic carbocycles. The van der Waals surface area contributed by atoms with E-state index in [0.717, 1.165) is 25.7 Å². The summed E-state index contributed by atoms with van der Waals surface area (Å²) in [5.41, 5.74) is 0. The maximum absolute atomic E-state index is 11.3. The van der Waals surface area contributed by atoms with Crippen molar-refractivity contribution in [2.45, 2.75) is 39.5 Å². The highest BCUT2D eigenvalue weighted by atomic mass is 16.3. The lowest BCUT2D eigenvalue weighted by Crippen LogP contribution is -2.40. The van der Waals surface area contributed by atoms with Gasteiger partial charge in [0.25, 0.3) is 0 Å². The first-order chi connectivity index (χ1) is 8.07. The summed E-state index contributed by atoms with van der Waals surface area (Å²) in [6.07, 6.45) is 3.24. The molecule has 2 amide bonds. The van der Waals surface area contributed by atoms with Gasteiger partial charge in [0.1, 0.15) is 0 Å². The minimum atomic E-state index is -0.572. The molecular formula is C12H24N2O3. The first kappa shape index (κ1) is 15.9. The van der Waals surface area contributed by atoms with Crippen molar-refractivity contribution in [2.24, 2.45) is 5.92 Å². The van der Waals surface area contributed by atoms with Gasteiger partial charge in [-0.15, -0.1) is 0 Å². The lowest BCUT2D eigenvalue weighted by atomic mass is 10.1. The number of carbonyl (C=O) groups is 2. The van der Waals surface area contributed by atoms with Crippen molar-refractivity contribution >= 4 is 11.8 Å². The summed E-state index contributed by atoms with van der Waals surface area (Å²) in [6, 6.07) is 0. The number of nitrogens with one attached hydrogen (secondary N) is 2. The highest BCUT2D eigenvalue weighted by Crippen LogP contribution is 1.96. The summed E-state index contributed by atoms with van der Waals surface area (Å²) >= 11 is 0. The molecule has 17 heavy (non-hydrogen) atoms. The molecule has 0 saturated heterocycles. The molecule has 0 aromatic rings. The van der Waals surface area contributed by atoms with E-state index in [2.05, 4.69) is 24.5 Å². The lowest BCUT2D eigenvalue weighted by Gasteiger charge is -2.07. The summed E-state index contributed by atoms with van der Waals surface area (Å²) < 4.78 is 0. The van der Waals surface area contributed by atoms with Crippen LogP contribution in [-0.4, -0.2) is 36.6 Å². The van der Waals surface area contributed by atoms with Crippen molar-refractivity contribution in [3.63, 3.8) is 0 Å². The Morgan fingerprint density at radius 3 is 2.12 bits per heavy atom. The fourth-order valence-electron chi connectivity index (χ4n) is 1.25. The van der Waals surface area contributed by atoms with Crippen molar-refractivity contribution in [2.75, 3.05) is 19.7 Å². The zero-order valence-electron chi connectivity index (χ0n) is 10.8. The van der Waals surface area contributed by atoms with Crippen molar-refractivity contribution in [3.8, 4) is 0 Å². The minimum absolute atomic E-state index is 0.170. The topological polar surface area (TPSA) is 78.4 Å². The molecule has 0 bridgehead atoms. The number of rotatable bonds is 8. The van der Waals surface area contributed by atoms with Gasteiger partial charge in [0.15, 0.2) is 0 Å². The first-order valence-electron chi connectivity index (χ1n) is 6.24. The summed E-state index contributed by atoms with van der Waals surface area (Å²) in [5, 5.41) is 13.7. The van der Waals surface area contributed by atoms with Crippen molar-refractivity contribution in [1.82, 2.24) is 10.6 Å². The van der Waals surface area contributed by atoms with Gasteiger partial charge in [-0.25, -0.2) is 0 Å². The normalized spacial score (nSPS) is 10.4. The molecule has 5 nitrogen and oxygen atoms in total. The van der Waals surface area contributed by atoms with Gasteiger partial charge in [0.05, 0.1) is 0 Å². The number of carbonyl (C=O) groups excluding carboxylic acids is 2. The Labute approximate surface area is 103 Å². The largest absolute Gasteiger partial charge is 0.396 e. The fraction of sp³-hybridized carbons (Fsp3) is 0.833. The van der Waals surface area contributed by atoms with Crippen molar-refractivity contribution < 1.29 is 14.7 Å². The number of aliphatic hydroxyl groups excluding tert-OH is 1. The summed E-state index contributed by atoms with van der Waals surface area (Å²) in [4.78, 5) is 22.6. The molecule has 0 aliphatic carbocycles. The lowest BCUT2D eigenvalue weighted by molar-refractivity contribution is -0.139. The molecule has 0 unspecified atom stereocenters. The second-order valence-corrected chi connectivity index (χ2v) is 4.48. The zero-order chi connectivity index (χ0) is 13.1. The van der Waals surface area contributed by atoms with Gasteiger partial charge in [0.2, 0.25) is 0 Å². The van der Waals surface area contributed by atoms with Gasteiger partial charge in [-0.05, 0) is 31.6 Å². The molecule has 0 fully saturated rings. The Hall–Kier alpha value is -1.10. The highest BCUT2D eigenvalue weighted by molar-refractivity contribution is 6.35. The molecular weight excluding hydrogens is 220 g/mol. The van der Waals surface area contributed by atoms with Gasteiger partial charge >= 0.3 is 11.8 Å². The van der Waals surface area contributed by atoms with Crippen LogP contribution in [0.4, 0.5) is 0 Å². The Morgan fingerprint density at radius 2 is 1.59 bits per heavy atom. The van der Waals surface area contributed by atoms with Crippen LogP contribution < -0.4 is 10.6 Å². The third-order valence-corrected chi connectivity index (χ3v) is 2.33. The van der Waals surface area contributed by atoms with E-state index in [1.54, 1.807) is 0 Å². The molecule has 0 spiro atoms. The molecule has 0 aromatic heterocycles. The van der Waals surface area contributed by atoms with Crippen LogP contribution in [0.2, 0.25) is 0 Å². The van der Waals surface area contributed by atoms with Crippen LogP contribution in [0.1, 0.15) is 39.5 Å². The molecule has 3 N–H and O–H groups in total. The molecule has 5 heteroatoms. The Kier molecular flexibility index (Phi) is 9.43. The van der Waals surface area contributed by atoms with Crippen LogP contribution in [0.3, 0.4) is 0 Å². The number of hydrogen-bond donors (Lipinski definition) is 3. The highest BCUT2D eigenvalue weighted by Gasteiger charge is 2.11. The molecule has 0 radical (unpaired) electrons. The van der Waals surface area contributed by atoms with Gasteiger partial charge in [-0.2, -0.15) is 0 Å². The fourth-order valence-corrected chi connectivity index (χ4v) is 1.25. The van der Waals surface area contributed by atoms with Gasteiger partial charge in [0, 0.05) is 19.7 Å². The van der Waals surface area contributed by atoms with Crippen LogP contribution in [0, 0.1) is 5.92 Å². The van der Waals surface area contributed by atoms with Crippen LogP contribution in [0.5, 0.6) is 0 Å². The standard InChI is InChI=1S/C12H24N2O3/c1-10(2)6-8-14-12(17)11(16)13-7-4-3-5-9-15/h10,15H,3-9H2,1-2H3,(H,13,16)(H,14,17). The first-order valence-corrected chi connectivity index (χ1v) is 6.24. The summed E-state index contributed by atoms with van der Waals surface area (Å²) in [5.74, 6) is -0.623. The quantitative estimate of drug-likeness (QED) is 0.428. The van der Waals surface area contributed by atoms with E-state index in [1.807, 2.05) is 0 Å². The van der Waals surface area contributed by atoms with E-state index in [1.165, 1.54) is 0 Å². The Morgan fingerprint density at radius 1 is 1.00 bits per heavy atom. The van der Waals surface area contributed by atoms with Crippen LogP contribution in [0.15, 0.2) is 0 Å². The Balaban J connectivity index is 3.51. The van der Waals surface area contributed by atoms with Crippen molar-refractivity contribution in [3.05, 3.63) is 0 Å². The van der Waals surface area contributed by atoms with E-state index in [-0.39, 0.29) is 6.61 Å². The second kappa shape index (κ2) is 10.1. The Bertz CT molecular complexity index is 230. The molecule has 0 rings (SSSR count). The number of hydrogen-bond acceptors (Lipinski definition) is 3. The molecule has 0 atom stereocenters. The average Bonchev–Trinajstić information content (AvgIpc) is 2.27. The van der Waals surface area contributed by atoms with Crippen LogP contribution in [0.25, 0.3) is 0 Å². The van der Waals surface area contributed by atoms with E-state index >= 15 is 0 Å². The molecule has 0 aliphatic heterocycles. The summed E-state index contributed by atoms with van der Waals surface area (Å²) in [7, 11) is 0. The second-order valence-electron chi connectivity index (χ2n) is 4.48. The summed E-state index contributed by atoms with van der Waals surface area (Å²) in [6.45, 7) is 5.31.